The minimum Gasteiger partial charge on any atom is -0.492 e. The van der Waals surface area contributed by atoms with Gasteiger partial charge in [-0.05, 0) is 29.8 Å². The van der Waals surface area contributed by atoms with Crippen molar-refractivity contribution in [2.75, 3.05) is 6.61 Å². The molecule has 2 aromatic heterocycles. The lowest BCUT2D eigenvalue weighted by Gasteiger charge is -2.08. The second-order valence-corrected chi connectivity index (χ2v) is 6.60. The van der Waals surface area contributed by atoms with Crippen LogP contribution in [0.1, 0.15) is 0 Å². The van der Waals surface area contributed by atoms with Gasteiger partial charge in [-0.15, -0.1) is 11.3 Å². The second-order valence-electron chi connectivity index (χ2n) is 5.74. The van der Waals surface area contributed by atoms with Crippen LogP contribution in [0.5, 0.6) is 5.75 Å². The van der Waals surface area contributed by atoms with Crippen LogP contribution in [-0.4, -0.2) is 16.2 Å². The first-order valence-corrected chi connectivity index (χ1v) is 9.01. The number of aromatic nitrogens is 2. The van der Waals surface area contributed by atoms with Gasteiger partial charge in [-0.1, -0.05) is 30.3 Å². The van der Waals surface area contributed by atoms with E-state index < -0.39 is 0 Å². The van der Waals surface area contributed by atoms with E-state index in [1.807, 2.05) is 35.7 Å². The minimum atomic E-state index is -0.311. The van der Waals surface area contributed by atoms with Crippen molar-refractivity contribution in [3.05, 3.63) is 82.5 Å². The Morgan fingerprint density at radius 1 is 1.08 bits per heavy atom. The van der Waals surface area contributed by atoms with Crippen molar-refractivity contribution in [3.63, 3.8) is 0 Å². The Bertz CT molecular complexity index is 1090. The summed E-state index contributed by atoms with van der Waals surface area (Å²) in [5.41, 5.74) is 1.81. The SMILES string of the molecule is O=c1c2c(-c3ccccc3)csc2ncn1CCOc1ccc(F)cc1. The Kier molecular flexibility index (Phi) is 4.50. The number of hydrogen-bond acceptors (Lipinski definition) is 4. The molecule has 0 fully saturated rings. The summed E-state index contributed by atoms with van der Waals surface area (Å²) in [7, 11) is 0. The maximum Gasteiger partial charge on any atom is 0.262 e. The predicted octanol–water partition coefficient (Wildman–Crippen LogP) is 4.34. The van der Waals surface area contributed by atoms with E-state index >= 15 is 0 Å². The van der Waals surface area contributed by atoms with Crippen LogP contribution < -0.4 is 10.3 Å². The van der Waals surface area contributed by atoms with E-state index in [1.165, 1.54) is 23.5 Å². The van der Waals surface area contributed by atoms with E-state index in [-0.39, 0.29) is 11.4 Å². The van der Waals surface area contributed by atoms with Gasteiger partial charge in [0.1, 0.15) is 23.0 Å². The fraction of sp³-hybridized carbons (Fsp3) is 0.100. The molecule has 0 atom stereocenters. The van der Waals surface area contributed by atoms with Crippen LogP contribution in [0.25, 0.3) is 21.3 Å². The molecular formula is C20H15FN2O2S. The van der Waals surface area contributed by atoms with Gasteiger partial charge in [0.05, 0.1) is 18.3 Å². The van der Waals surface area contributed by atoms with Gasteiger partial charge in [-0.2, -0.15) is 0 Å². The van der Waals surface area contributed by atoms with Crippen molar-refractivity contribution in [1.29, 1.82) is 0 Å². The number of nitrogens with zero attached hydrogens (tertiary/aromatic N) is 2. The van der Waals surface area contributed by atoms with Gasteiger partial charge in [0.2, 0.25) is 0 Å². The normalized spacial score (nSPS) is 11.0. The van der Waals surface area contributed by atoms with Crippen LogP contribution in [0, 0.1) is 5.82 Å². The topological polar surface area (TPSA) is 44.1 Å². The van der Waals surface area contributed by atoms with Crippen LogP contribution in [-0.2, 0) is 6.54 Å². The Morgan fingerprint density at radius 2 is 1.85 bits per heavy atom. The monoisotopic (exact) mass is 366 g/mol. The van der Waals surface area contributed by atoms with Gasteiger partial charge in [0.15, 0.2) is 0 Å². The highest BCUT2D eigenvalue weighted by Crippen LogP contribution is 2.30. The maximum absolute atomic E-state index is 12.9. The van der Waals surface area contributed by atoms with Crippen molar-refractivity contribution in [1.82, 2.24) is 9.55 Å². The Balaban J connectivity index is 1.59. The number of thiophene rings is 1. The summed E-state index contributed by atoms with van der Waals surface area (Å²) in [4.78, 5) is 18.0. The van der Waals surface area contributed by atoms with Crippen LogP contribution in [0.3, 0.4) is 0 Å². The molecule has 0 amide bonds. The fourth-order valence-electron chi connectivity index (χ4n) is 2.75. The zero-order valence-electron chi connectivity index (χ0n) is 13.8. The Hall–Kier alpha value is -2.99. The zero-order valence-corrected chi connectivity index (χ0v) is 14.6. The predicted molar refractivity (Wildman–Crippen MR) is 101 cm³/mol. The van der Waals surface area contributed by atoms with Crippen LogP contribution in [0.2, 0.25) is 0 Å². The molecule has 0 unspecified atom stereocenters. The van der Waals surface area contributed by atoms with Crippen molar-refractivity contribution in [3.8, 4) is 16.9 Å². The molecular weight excluding hydrogens is 351 g/mol. The molecule has 0 saturated carbocycles. The van der Waals surface area contributed by atoms with E-state index in [4.69, 9.17) is 4.74 Å². The zero-order chi connectivity index (χ0) is 17.9. The molecule has 0 aliphatic rings. The molecule has 4 nitrogen and oxygen atoms in total. The molecule has 0 aliphatic carbocycles. The summed E-state index contributed by atoms with van der Waals surface area (Å²) in [6, 6.07) is 15.6. The number of hydrogen-bond donors (Lipinski definition) is 0. The van der Waals surface area contributed by atoms with Gasteiger partial charge < -0.3 is 4.74 Å². The van der Waals surface area contributed by atoms with E-state index in [2.05, 4.69) is 4.98 Å². The summed E-state index contributed by atoms with van der Waals surface area (Å²) in [6.07, 6.45) is 1.55. The minimum absolute atomic E-state index is 0.0854. The van der Waals surface area contributed by atoms with Gasteiger partial charge >= 0.3 is 0 Å². The first-order chi connectivity index (χ1) is 12.7. The van der Waals surface area contributed by atoms with Crippen molar-refractivity contribution in [2.45, 2.75) is 6.54 Å². The van der Waals surface area contributed by atoms with E-state index in [9.17, 15) is 9.18 Å². The largest absolute Gasteiger partial charge is 0.492 e. The Morgan fingerprint density at radius 3 is 2.62 bits per heavy atom. The average molecular weight is 366 g/mol. The molecule has 4 rings (SSSR count). The molecule has 26 heavy (non-hydrogen) atoms. The second kappa shape index (κ2) is 7.09. The number of ether oxygens (including phenoxy) is 1. The molecule has 2 heterocycles. The van der Waals surface area contributed by atoms with Gasteiger partial charge in [0, 0.05) is 10.9 Å². The lowest BCUT2D eigenvalue weighted by Crippen LogP contribution is -2.23. The maximum atomic E-state index is 12.9. The highest BCUT2D eigenvalue weighted by molar-refractivity contribution is 7.17. The van der Waals surface area contributed by atoms with Crippen molar-refractivity contribution in [2.24, 2.45) is 0 Å². The van der Waals surface area contributed by atoms with E-state index in [1.54, 1.807) is 23.0 Å². The molecule has 2 aromatic carbocycles. The summed E-state index contributed by atoms with van der Waals surface area (Å²) in [5, 5.41) is 2.60. The van der Waals surface area contributed by atoms with Gasteiger partial charge in [0.25, 0.3) is 5.56 Å². The average Bonchev–Trinajstić information content (AvgIpc) is 3.11. The lowest BCUT2D eigenvalue weighted by atomic mass is 10.1. The number of rotatable bonds is 5. The number of fused-ring (bicyclic) bond motifs is 1. The smallest absolute Gasteiger partial charge is 0.262 e. The molecule has 6 heteroatoms. The van der Waals surface area contributed by atoms with Crippen LogP contribution >= 0.6 is 11.3 Å². The highest BCUT2D eigenvalue weighted by atomic mass is 32.1. The standard InChI is InChI=1S/C20H15FN2O2S/c21-15-6-8-16(9-7-15)25-11-10-23-13-22-19-18(20(23)24)17(12-26-19)14-4-2-1-3-5-14/h1-9,12-13H,10-11H2. The molecule has 0 bridgehead atoms. The summed E-state index contributed by atoms with van der Waals surface area (Å²) in [5.74, 6) is 0.253. The summed E-state index contributed by atoms with van der Waals surface area (Å²) < 4.78 is 20.0. The van der Waals surface area contributed by atoms with Crippen LogP contribution in [0.4, 0.5) is 4.39 Å². The third-order valence-electron chi connectivity index (χ3n) is 4.06. The van der Waals surface area contributed by atoms with Crippen molar-refractivity contribution < 1.29 is 9.13 Å². The molecule has 0 aliphatic heterocycles. The molecule has 0 spiro atoms. The Labute approximate surface area is 153 Å². The third-order valence-corrected chi connectivity index (χ3v) is 4.95. The van der Waals surface area contributed by atoms with Crippen LogP contribution in [0.15, 0.2) is 71.1 Å². The van der Waals surface area contributed by atoms with Gasteiger partial charge in [-0.25, -0.2) is 9.37 Å². The number of halogens is 1. The van der Waals surface area contributed by atoms with E-state index in [0.29, 0.717) is 24.3 Å². The van der Waals surface area contributed by atoms with Gasteiger partial charge in [-0.3, -0.25) is 9.36 Å². The highest BCUT2D eigenvalue weighted by Gasteiger charge is 2.13. The fourth-order valence-corrected chi connectivity index (χ4v) is 3.66. The summed E-state index contributed by atoms with van der Waals surface area (Å²) in [6.45, 7) is 0.659. The first-order valence-electron chi connectivity index (χ1n) is 8.13. The molecule has 0 N–H and O–H groups in total. The summed E-state index contributed by atoms with van der Waals surface area (Å²) >= 11 is 1.46. The lowest BCUT2D eigenvalue weighted by molar-refractivity contribution is 0.295. The first kappa shape index (κ1) is 16.5. The third kappa shape index (κ3) is 3.23. The molecule has 0 saturated heterocycles. The van der Waals surface area contributed by atoms with Crippen molar-refractivity contribution >= 4 is 21.6 Å². The van der Waals surface area contributed by atoms with E-state index in [0.717, 1.165) is 16.0 Å². The molecule has 4 aromatic rings. The molecule has 130 valence electrons. The quantitative estimate of drug-likeness (QED) is 0.528. The number of benzene rings is 2. The molecule has 0 radical (unpaired) electrons.